The van der Waals surface area contributed by atoms with Gasteiger partial charge in [0.2, 0.25) is 10.7 Å². The molecule has 2 aromatic carbocycles. The molecule has 0 aliphatic rings. The Morgan fingerprint density at radius 2 is 1.76 bits per heavy atom. The van der Waals surface area contributed by atoms with Crippen LogP contribution >= 0.6 is 46.4 Å². The topological polar surface area (TPSA) is 59.9 Å². The molecule has 0 fully saturated rings. The van der Waals surface area contributed by atoms with Gasteiger partial charge in [-0.3, -0.25) is 0 Å². The maximum absolute atomic E-state index is 13.7. The summed E-state index contributed by atoms with van der Waals surface area (Å²) < 4.78 is 37.3. The number of carbonyl (C=O) groups is 1. The molecule has 0 aliphatic carbocycles. The molecule has 156 valence electrons. The first-order valence-electron chi connectivity index (χ1n) is 8.06. The standard InChI is InChI=1S/C18H14Cl4F2N2O3/c1-2-28-15(14-10(19)6-5-7-11(14)20)26-17(27)25-12-8-3-4-9-13(12)29-18(23,24)16(21)22/h3-9,16H,2H2,1H3,(H,25,27). The number of halogens is 6. The molecule has 2 amide bonds. The van der Waals surface area contributed by atoms with Crippen molar-refractivity contribution < 1.29 is 23.0 Å². The zero-order valence-electron chi connectivity index (χ0n) is 14.8. The monoisotopic (exact) mass is 484 g/mol. The molecule has 2 aromatic rings. The summed E-state index contributed by atoms with van der Waals surface area (Å²) >= 11 is 22.7. The van der Waals surface area contributed by atoms with E-state index in [1.807, 2.05) is 0 Å². The first kappa shape index (κ1) is 23.5. The molecule has 0 unspecified atom stereocenters. The van der Waals surface area contributed by atoms with Gasteiger partial charge in [-0.1, -0.05) is 64.6 Å². The quantitative estimate of drug-likeness (QED) is 0.278. The van der Waals surface area contributed by atoms with Crippen LogP contribution in [0.25, 0.3) is 0 Å². The number of nitrogens with zero attached hydrogens (tertiary/aromatic N) is 1. The van der Waals surface area contributed by atoms with Crippen molar-refractivity contribution in [3.63, 3.8) is 0 Å². The van der Waals surface area contributed by atoms with Crippen LogP contribution in [-0.4, -0.2) is 29.5 Å². The van der Waals surface area contributed by atoms with Crippen LogP contribution in [-0.2, 0) is 4.74 Å². The maximum atomic E-state index is 13.7. The summed E-state index contributed by atoms with van der Waals surface area (Å²) in [6.07, 6.45) is -3.88. The lowest BCUT2D eigenvalue weighted by Gasteiger charge is -2.20. The number of carbonyl (C=O) groups excluding carboxylic acids is 1. The van der Waals surface area contributed by atoms with Crippen LogP contribution in [0.4, 0.5) is 19.3 Å². The number of nitrogens with one attached hydrogen (secondary N) is 1. The van der Waals surface area contributed by atoms with Gasteiger partial charge in [0.1, 0.15) is 5.75 Å². The Kier molecular flexibility index (Phi) is 8.34. The summed E-state index contributed by atoms with van der Waals surface area (Å²) in [6, 6.07) is 9.25. The van der Waals surface area contributed by atoms with Crippen molar-refractivity contribution in [2.75, 3.05) is 11.9 Å². The predicted molar refractivity (Wildman–Crippen MR) is 111 cm³/mol. The molecule has 0 saturated heterocycles. The van der Waals surface area contributed by atoms with Gasteiger partial charge in [-0.05, 0) is 31.2 Å². The number of aliphatic imine (C=N–C) groups is 1. The molecule has 0 spiro atoms. The second kappa shape index (κ2) is 10.3. The molecule has 29 heavy (non-hydrogen) atoms. The van der Waals surface area contributed by atoms with E-state index in [4.69, 9.17) is 51.1 Å². The minimum atomic E-state index is -3.88. The average Bonchev–Trinajstić information content (AvgIpc) is 2.63. The van der Waals surface area contributed by atoms with Gasteiger partial charge in [0.15, 0.2) is 0 Å². The average molecular weight is 486 g/mol. The van der Waals surface area contributed by atoms with E-state index in [0.29, 0.717) is 0 Å². The van der Waals surface area contributed by atoms with Crippen LogP contribution < -0.4 is 10.1 Å². The zero-order chi connectivity index (χ0) is 21.6. The van der Waals surface area contributed by atoms with E-state index in [-0.39, 0.29) is 39.6 Å². The number of hydrogen-bond acceptors (Lipinski definition) is 3. The van der Waals surface area contributed by atoms with Gasteiger partial charge in [-0.2, -0.15) is 13.8 Å². The fraction of sp³-hybridized carbons (Fsp3) is 0.222. The van der Waals surface area contributed by atoms with Crippen molar-refractivity contribution in [3.05, 3.63) is 58.1 Å². The fourth-order valence-electron chi connectivity index (χ4n) is 2.08. The molecule has 0 aliphatic heterocycles. The third-order valence-electron chi connectivity index (χ3n) is 3.29. The minimum absolute atomic E-state index is 0.0870. The lowest BCUT2D eigenvalue weighted by Crippen LogP contribution is -2.32. The number of benzene rings is 2. The molecule has 2 rings (SSSR count). The largest absolute Gasteiger partial charge is 0.477 e. The van der Waals surface area contributed by atoms with Crippen LogP contribution in [0.15, 0.2) is 47.5 Å². The number of rotatable bonds is 6. The highest BCUT2D eigenvalue weighted by atomic mass is 35.5. The molecule has 5 nitrogen and oxygen atoms in total. The van der Waals surface area contributed by atoms with Crippen molar-refractivity contribution in [1.82, 2.24) is 0 Å². The first-order valence-corrected chi connectivity index (χ1v) is 9.69. The Morgan fingerprint density at radius 1 is 1.14 bits per heavy atom. The van der Waals surface area contributed by atoms with E-state index in [2.05, 4.69) is 15.0 Å². The van der Waals surface area contributed by atoms with Crippen LogP contribution in [0, 0.1) is 0 Å². The SMILES string of the molecule is CCOC(=NC(=O)Nc1ccccc1OC(F)(F)C(Cl)Cl)c1c(Cl)cccc1Cl. The molecule has 0 atom stereocenters. The molecule has 0 radical (unpaired) electrons. The number of ether oxygens (including phenoxy) is 2. The highest BCUT2D eigenvalue weighted by Crippen LogP contribution is 2.34. The summed E-state index contributed by atoms with van der Waals surface area (Å²) in [6.45, 7) is 1.85. The lowest BCUT2D eigenvalue weighted by molar-refractivity contribution is -0.163. The summed E-state index contributed by atoms with van der Waals surface area (Å²) in [5.41, 5.74) is 0.132. The number of para-hydroxylation sites is 2. The molecule has 1 N–H and O–H groups in total. The van der Waals surface area contributed by atoms with E-state index in [0.717, 1.165) is 0 Å². The summed E-state index contributed by atoms with van der Waals surface area (Å²) in [4.78, 5) is 14.1. The Hall–Kier alpha value is -1.80. The number of urea groups is 1. The molecule has 0 saturated carbocycles. The van der Waals surface area contributed by atoms with Crippen molar-refractivity contribution in [2.45, 2.75) is 17.9 Å². The minimum Gasteiger partial charge on any atom is -0.477 e. The highest BCUT2D eigenvalue weighted by Gasteiger charge is 2.40. The predicted octanol–water partition coefficient (Wildman–Crippen LogP) is 6.78. The van der Waals surface area contributed by atoms with Crippen molar-refractivity contribution in [3.8, 4) is 5.75 Å². The van der Waals surface area contributed by atoms with Gasteiger partial charge in [-0.25, -0.2) is 4.79 Å². The fourth-order valence-corrected chi connectivity index (χ4v) is 2.73. The van der Waals surface area contributed by atoms with Crippen molar-refractivity contribution in [1.29, 1.82) is 0 Å². The second-order valence-electron chi connectivity index (χ2n) is 5.34. The van der Waals surface area contributed by atoms with Crippen LogP contribution in [0.3, 0.4) is 0 Å². The number of alkyl halides is 4. The van der Waals surface area contributed by atoms with Crippen LogP contribution in [0.2, 0.25) is 10.0 Å². The van der Waals surface area contributed by atoms with Gasteiger partial charge >= 0.3 is 12.1 Å². The van der Waals surface area contributed by atoms with Gasteiger partial charge in [0, 0.05) is 0 Å². The third-order valence-corrected chi connectivity index (χ3v) is 4.43. The third kappa shape index (κ3) is 6.34. The van der Waals surface area contributed by atoms with Crippen molar-refractivity contribution in [2.24, 2.45) is 4.99 Å². The van der Waals surface area contributed by atoms with Gasteiger partial charge in [0.25, 0.3) is 0 Å². The van der Waals surface area contributed by atoms with E-state index in [9.17, 15) is 13.6 Å². The molecule has 0 bridgehead atoms. The number of anilines is 1. The lowest BCUT2D eigenvalue weighted by atomic mass is 10.2. The first-order chi connectivity index (χ1) is 13.7. The van der Waals surface area contributed by atoms with Crippen molar-refractivity contribution >= 4 is 64.0 Å². The van der Waals surface area contributed by atoms with Crippen LogP contribution in [0.1, 0.15) is 12.5 Å². The highest BCUT2D eigenvalue weighted by molar-refractivity contribution is 6.44. The molecule has 11 heteroatoms. The summed E-state index contributed by atoms with van der Waals surface area (Å²) in [5.74, 6) is -0.494. The van der Waals surface area contributed by atoms with E-state index >= 15 is 0 Å². The van der Waals surface area contributed by atoms with E-state index in [1.54, 1.807) is 25.1 Å². The normalized spacial score (nSPS) is 12.1. The van der Waals surface area contributed by atoms with Gasteiger partial charge in [0.05, 0.1) is 27.9 Å². The Labute approximate surface area is 185 Å². The van der Waals surface area contributed by atoms with Gasteiger partial charge < -0.3 is 14.8 Å². The van der Waals surface area contributed by atoms with E-state index < -0.39 is 17.0 Å². The maximum Gasteiger partial charge on any atom is 0.428 e. The smallest absolute Gasteiger partial charge is 0.428 e. The summed E-state index contributed by atoms with van der Waals surface area (Å²) in [5, 5.41) is 2.77. The molecule has 0 aromatic heterocycles. The summed E-state index contributed by atoms with van der Waals surface area (Å²) in [7, 11) is 0. The Balaban J connectivity index is 2.31. The molecule has 0 heterocycles. The zero-order valence-corrected chi connectivity index (χ0v) is 17.8. The number of hydrogen-bond donors (Lipinski definition) is 1. The van der Waals surface area contributed by atoms with Crippen LogP contribution in [0.5, 0.6) is 5.75 Å². The number of amides is 2. The molecular formula is C18H14Cl4F2N2O3. The molecular weight excluding hydrogens is 472 g/mol. The Morgan fingerprint density at radius 3 is 2.34 bits per heavy atom. The van der Waals surface area contributed by atoms with Gasteiger partial charge in [-0.15, -0.1) is 0 Å². The second-order valence-corrected chi connectivity index (χ2v) is 7.25. The Bertz CT molecular complexity index is 890. The van der Waals surface area contributed by atoms with E-state index in [1.165, 1.54) is 24.3 Å².